The standard InChI is InChI=1S/C7H13F3N2/c1-5-3-4-6(7(8,9)10)12(5)11-2/h5-6,11H,3-4H2,1-2H3/t5-,6?/m1/s1. The molecule has 0 radical (unpaired) electrons. The summed E-state index contributed by atoms with van der Waals surface area (Å²) in [5.41, 5.74) is 2.58. The van der Waals surface area contributed by atoms with E-state index in [4.69, 9.17) is 0 Å². The van der Waals surface area contributed by atoms with Gasteiger partial charge in [-0.2, -0.15) is 13.2 Å². The predicted octanol–water partition coefficient (Wildman–Crippen LogP) is 1.54. The van der Waals surface area contributed by atoms with Crippen molar-refractivity contribution in [1.82, 2.24) is 10.4 Å². The second-order valence-corrected chi connectivity index (χ2v) is 3.11. The molecule has 1 heterocycles. The first-order valence-electron chi connectivity index (χ1n) is 3.99. The third kappa shape index (κ3) is 1.72. The molecule has 2 nitrogen and oxygen atoms in total. The minimum absolute atomic E-state index is 0.0263. The van der Waals surface area contributed by atoms with Crippen LogP contribution in [0.5, 0.6) is 0 Å². The fourth-order valence-corrected chi connectivity index (χ4v) is 1.68. The van der Waals surface area contributed by atoms with Crippen molar-refractivity contribution in [3.8, 4) is 0 Å². The summed E-state index contributed by atoms with van der Waals surface area (Å²) in [4.78, 5) is 0. The molecule has 1 N–H and O–H groups in total. The number of nitrogens with one attached hydrogen (secondary N) is 1. The summed E-state index contributed by atoms with van der Waals surface area (Å²) in [5.74, 6) is 0. The molecule has 0 aliphatic carbocycles. The van der Waals surface area contributed by atoms with E-state index in [0.29, 0.717) is 6.42 Å². The average molecular weight is 182 g/mol. The first-order valence-corrected chi connectivity index (χ1v) is 3.99. The van der Waals surface area contributed by atoms with E-state index >= 15 is 0 Å². The highest BCUT2D eigenvalue weighted by molar-refractivity contribution is 4.86. The Hall–Kier alpha value is -0.290. The van der Waals surface area contributed by atoms with Crippen LogP contribution in [-0.2, 0) is 0 Å². The van der Waals surface area contributed by atoms with Gasteiger partial charge in [0.25, 0.3) is 0 Å². The van der Waals surface area contributed by atoms with Gasteiger partial charge in [0.2, 0.25) is 0 Å². The Morgan fingerprint density at radius 1 is 1.33 bits per heavy atom. The van der Waals surface area contributed by atoms with E-state index in [1.54, 1.807) is 6.92 Å². The molecule has 0 bridgehead atoms. The Morgan fingerprint density at radius 2 is 1.92 bits per heavy atom. The number of halogens is 3. The van der Waals surface area contributed by atoms with Crippen LogP contribution >= 0.6 is 0 Å². The predicted molar refractivity (Wildman–Crippen MR) is 39.4 cm³/mol. The highest BCUT2D eigenvalue weighted by atomic mass is 19.4. The highest BCUT2D eigenvalue weighted by Crippen LogP contribution is 2.33. The summed E-state index contributed by atoms with van der Waals surface area (Å²) in [6.07, 6.45) is -3.30. The lowest BCUT2D eigenvalue weighted by atomic mass is 10.2. The number of hydrazine groups is 1. The number of alkyl halides is 3. The molecule has 1 unspecified atom stereocenters. The van der Waals surface area contributed by atoms with Gasteiger partial charge in [-0.05, 0) is 26.8 Å². The van der Waals surface area contributed by atoms with Crippen molar-refractivity contribution in [2.45, 2.75) is 38.0 Å². The van der Waals surface area contributed by atoms with Crippen molar-refractivity contribution >= 4 is 0 Å². The zero-order valence-corrected chi connectivity index (χ0v) is 7.15. The van der Waals surface area contributed by atoms with E-state index in [2.05, 4.69) is 5.43 Å². The molecule has 1 aliphatic rings. The molecular formula is C7H13F3N2. The average Bonchev–Trinajstić information content (AvgIpc) is 2.29. The minimum atomic E-state index is -4.10. The van der Waals surface area contributed by atoms with Crippen LogP contribution in [-0.4, -0.2) is 30.3 Å². The fraction of sp³-hybridized carbons (Fsp3) is 1.00. The molecule has 12 heavy (non-hydrogen) atoms. The molecule has 1 saturated heterocycles. The summed E-state index contributed by atoms with van der Waals surface area (Å²) in [7, 11) is 1.53. The minimum Gasteiger partial charge on any atom is -0.257 e. The SMILES string of the molecule is CNN1C(C(F)(F)F)CC[C@H]1C. The molecule has 0 saturated carbocycles. The van der Waals surface area contributed by atoms with Gasteiger partial charge in [0.15, 0.2) is 0 Å². The maximum atomic E-state index is 12.3. The van der Waals surface area contributed by atoms with Crippen LogP contribution in [0.15, 0.2) is 0 Å². The second-order valence-electron chi connectivity index (χ2n) is 3.11. The Balaban J connectivity index is 2.67. The molecule has 5 heteroatoms. The zero-order valence-electron chi connectivity index (χ0n) is 7.15. The van der Waals surface area contributed by atoms with Gasteiger partial charge in [0.1, 0.15) is 6.04 Å². The van der Waals surface area contributed by atoms with Gasteiger partial charge >= 0.3 is 6.18 Å². The first-order chi connectivity index (χ1) is 5.46. The topological polar surface area (TPSA) is 15.3 Å². The first kappa shape index (κ1) is 9.80. The van der Waals surface area contributed by atoms with Gasteiger partial charge in [-0.25, -0.2) is 5.01 Å². The molecule has 1 rings (SSSR count). The van der Waals surface area contributed by atoms with Crippen molar-refractivity contribution in [3.63, 3.8) is 0 Å². The molecule has 2 atom stereocenters. The summed E-state index contributed by atoms with van der Waals surface area (Å²) in [6, 6.07) is -1.33. The Bertz CT molecular complexity index is 157. The van der Waals surface area contributed by atoms with Crippen molar-refractivity contribution in [3.05, 3.63) is 0 Å². The van der Waals surface area contributed by atoms with E-state index in [9.17, 15) is 13.2 Å². The molecular weight excluding hydrogens is 169 g/mol. The maximum absolute atomic E-state index is 12.3. The third-order valence-corrected chi connectivity index (χ3v) is 2.30. The van der Waals surface area contributed by atoms with Crippen LogP contribution in [0.3, 0.4) is 0 Å². The van der Waals surface area contributed by atoms with Gasteiger partial charge < -0.3 is 0 Å². The van der Waals surface area contributed by atoms with Crippen molar-refractivity contribution in [2.75, 3.05) is 7.05 Å². The molecule has 0 spiro atoms. The lowest BCUT2D eigenvalue weighted by molar-refractivity contribution is -0.185. The number of hydrogen-bond acceptors (Lipinski definition) is 2. The van der Waals surface area contributed by atoms with E-state index in [1.807, 2.05) is 0 Å². The molecule has 1 fully saturated rings. The van der Waals surface area contributed by atoms with Crippen LogP contribution in [0.25, 0.3) is 0 Å². The lowest BCUT2D eigenvalue weighted by Gasteiger charge is -2.28. The number of rotatable bonds is 1. The summed E-state index contributed by atoms with van der Waals surface area (Å²) in [6.45, 7) is 1.79. The molecule has 0 aromatic rings. The fourth-order valence-electron chi connectivity index (χ4n) is 1.68. The smallest absolute Gasteiger partial charge is 0.257 e. The summed E-state index contributed by atoms with van der Waals surface area (Å²) < 4.78 is 36.9. The number of hydrogen-bond donors (Lipinski definition) is 1. The molecule has 0 aromatic carbocycles. The van der Waals surface area contributed by atoms with Crippen LogP contribution in [0.1, 0.15) is 19.8 Å². The van der Waals surface area contributed by atoms with Gasteiger partial charge in [-0.15, -0.1) is 0 Å². The largest absolute Gasteiger partial charge is 0.405 e. The quantitative estimate of drug-likeness (QED) is 0.661. The van der Waals surface area contributed by atoms with Crippen molar-refractivity contribution < 1.29 is 13.2 Å². The highest BCUT2D eigenvalue weighted by Gasteiger charge is 2.48. The third-order valence-electron chi connectivity index (χ3n) is 2.30. The van der Waals surface area contributed by atoms with Crippen molar-refractivity contribution in [2.24, 2.45) is 0 Å². The van der Waals surface area contributed by atoms with Gasteiger partial charge in [0, 0.05) is 6.04 Å². The van der Waals surface area contributed by atoms with Gasteiger partial charge in [-0.3, -0.25) is 5.43 Å². The van der Waals surface area contributed by atoms with Crippen LogP contribution in [0.2, 0.25) is 0 Å². The van der Waals surface area contributed by atoms with E-state index in [0.717, 1.165) is 0 Å². The lowest BCUT2D eigenvalue weighted by Crippen LogP contribution is -2.49. The molecule has 72 valence electrons. The van der Waals surface area contributed by atoms with E-state index in [1.165, 1.54) is 12.1 Å². The Labute approximate surface area is 69.7 Å². The Morgan fingerprint density at radius 3 is 2.25 bits per heavy atom. The van der Waals surface area contributed by atoms with E-state index < -0.39 is 12.2 Å². The normalized spacial score (nSPS) is 32.8. The molecule has 1 aliphatic heterocycles. The van der Waals surface area contributed by atoms with Gasteiger partial charge in [0.05, 0.1) is 0 Å². The summed E-state index contributed by atoms with van der Waals surface area (Å²) >= 11 is 0. The zero-order chi connectivity index (χ0) is 9.35. The van der Waals surface area contributed by atoms with Gasteiger partial charge in [-0.1, -0.05) is 0 Å². The Kier molecular flexibility index (Phi) is 2.63. The maximum Gasteiger partial charge on any atom is 0.405 e. The molecule has 0 aromatic heterocycles. The monoisotopic (exact) mass is 182 g/mol. The van der Waals surface area contributed by atoms with Crippen LogP contribution in [0.4, 0.5) is 13.2 Å². The second kappa shape index (κ2) is 3.22. The molecule has 0 amide bonds. The number of nitrogens with zero attached hydrogens (tertiary/aromatic N) is 1. The van der Waals surface area contributed by atoms with Crippen molar-refractivity contribution in [1.29, 1.82) is 0 Å². The van der Waals surface area contributed by atoms with Crippen LogP contribution in [0, 0.1) is 0 Å². The van der Waals surface area contributed by atoms with Crippen LogP contribution < -0.4 is 5.43 Å². The van der Waals surface area contributed by atoms with E-state index in [-0.39, 0.29) is 12.5 Å². The summed E-state index contributed by atoms with van der Waals surface area (Å²) in [5, 5.41) is 1.28.